The Balaban J connectivity index is 1.88. The quantitative estimate of drug-likeness (QED) is 0.724. The number of hydrogen-bond acceptors (Lipinski definition) is 5. The van der Waals surface area contributed by atoms with Gasteiger partial charge in [-0.15, -0.1) is 0 Å². The molecule has 1 unspecified atom stereocenters. The molecule has 1 heterocycles. The average molecular weight is 407 g/mol. The van der Waals surface area contributed by atoms with Gasteiger partial charge < -0.3 is 14.8 Å². The van der Waals surface area contributed by atoms with Crippen molar-refractivity contribution < 1.29 is 14.3 Å². The van der Waals surface area contributed by atoms with Crippen molar-refractivity contribution in [2.75, 3.05) is 19.5 Å². The Morgan fingerprint density at radius 1 is 1.00 bits per heavy atom. The molecule has 158 valence electrons. The second kappa shape index (κ2) is 7.46. The Morgan fingerprint density at radius 3 is 2.40 bits per heavy atom. The highest BCUT2D eigenvalue weighted by Crippen LogP contribution is 2.46. The maximum atomic E-state index is 13.4. The third-order valence-electron chi connectivity index (χ3n) is 6.31. The maximum Gasteiger partial charge on any atom is 0.161 e. The monoisotopic (exact) mass is 406 g/mol. The Kier molecular flexibility index (Phi) is 5.08. The Labute approximate surface area is 178 Å². The minimum atomic E-state index is -0.302. The summed E-state index contributed by atoms with van der Waals surface area (Å²) in [6, 6.07) is 9.91. The molecular weight excluding hydrogens is 376 g/mol. The summed E-state index contributed by atoms with van der Waals surface area (Å²) in [6.07, 6.45) is 1.36. The van der Waals surface area contributed by atoms with Crippen LogP contribution < -0.4 is 14.8 Å². The molecule has 5 nitrogen and oxygen atoms in total. The van der Waals surface area contributed by atoms with Crippen LogP contribution in [0.25, 0.3) is 0 Å². The summed E-state index contributed by atoms with van der Waals surface area (Å²) < 4.78 is 10.9. The van der Waals surface area contributed by atoms with E-state index in [1.807, 2.05) is 18.2 Å². The van der Waals surface area contributed by atoms with Gasteiger partial charge in [-0.3, -0.25) is 9.79 Å². The summed E-state index contributed by atoms with van der Waals surface area (Å²) in [4.78, 5) is 18.4. The van der Waals surface area contributed by atoms with Crippen molar-refractivity contribution in [3.8, 4) is 11.5 Å². The third kappa shape index (κ3) is 3.57. The molecule has 5 heteroatoms. The van der Waals surface area contributed by atoms with Crippen molar-refractivity contribution in [1.82, 2.24) is 0 Å². The van der Waals surface area contributed by atoms with Gasteiger partial charge >= 0.3 is 0 Å². The van der Waals surface area contributed by atoms with Crippen LogP contribution in [0.5, 0.6) is 11.5 Å². The van der Waals surface area contributed by atoms with Crippen LogP contribution in [0.15, 0.2) is 35.3 Å². The number of rotatable bonds is 3. The van der Waals surface area contributed by atoms with Crippen molar-refractivity contribution in [2.24, 2.45) is 16.3 Å². The first-order chi connectivity index (χ1) is 14.2. The minimum absolute atomic E-state index is 0.0845. The number of aryl methyl sites for hydroxylation is 2. The van der Waals surface area contributed by atoms with Gasteiger partial charge in [0.2, 0.25) is 0 Å². The predicted molar refractivity (Wildman–Crippen MR) is 120 cm³/mol. The van der Waals surface area contributed by atoms with Crippen molar-refractivity contribution in [3.05, 3.63) is 47.0 Å². The zero-order valence-corrected chi connectivity index (χ0v) is 18.6. The van der Waals surface area contributed by atoms with E-state index in [9.17, 15) is 4.79 Å². The van der Waals surface area contributed by atoms with Gasteiger partial charge in [0.15, 0.2) is 11.5 Å². The van der Waals surface area contributed by atoms with Gasteiger partial charge in [0, 0.05) is 12.1 Å². The minimum Gasteiger partial charge on any atom is -0.493 e. The number of anilines is 1. The number of ether oxygens (including phenoxy) is 2. The molecule has 0 saturated heterocycles. The number of methoxy groups -OCH3 is 2. The topological polar surface area (TPSA) is 59.9 Å². The van der Waals surface area contributed by atoms with Crippen molar-refractivity contribution >= 4 is 22.9 Å². The highest BCUT2D eigenvalue weighted by Gasteiger charge is 2.44. The van der Waals surface area contributed by atoms with E-state index in [2.05, 4.69) is 45.1 Å². The first kappa shape index (κ1) is 20.5. The van der Waals surface area contributed by atoms with E-state index in [0.717, 1.165) is 29.1 Å². The van der Waals surface area contributed by atoms with E-state index in [1.54, 1.807) is 14.2 Å². The Hall–Kier alpha value is -2.82. The van der Waals surface area contributed by atoms with Gasteiger partial charge in [0.05, 0.1) is 37.6 Å². The summed E-state index contributed by atoms with van der Waals surface area (Å²) in [5, 5.41) is 3.66. The van der Waals surface area contributed by atoms with Crippen molar-refractivity contribution in [1.29, 1.82) is 0 Å². The molecule has 1 aliphatic carbocycles. The van der Waals surface area contributed by atoms with Crippen LogP contribution in [0.4, 0.5) is 11.4 Å². The zero-order chi connectivity index (χ0) is 21.6. The molecular formula is C25H30N2O3. The molecule has 0 amide bonds. The molecule has 2 aromatic rings. The van der Waals surface area contributed by atoms with Gasteiger partial charge in [-0.25, -0.2) is 0 Å². The van der Waals surface area contributed by atoms with E-state index < -0.39 is 0 Å². The number of aliphatic imine (C=N–C) groups is 1. The highest BCUT2D eigenvalue weighted by molar-refractivity contribution is 6.10. The fourth-order valence-corrected chi connectivity index (χ4v) is 4.65. The molecule has 0 bridgehead atoms. The summed E-state index contributed by atoms with van der Waals surface area (Å²) in [6.45, 7) is 8.49. The van der Waals surface area contributed by atoms with Crippen LogP contribution in [-0.4, -0.2) is 25.7 Å². The van der Waals surface area contributed by atoms with E-state index in [-0.39, 0.29) is 23.2 Å². The summed E-state index contributed by atoms with van der Waals surface area (Å²) >= 11 is 0. The molecule has 30 heavy (non-hydrogen) atoms. The second-order valence-electron chi connectivity index (χ2n) is 9.25. The van der Waals surface area contributed by atoms with Gasteiger partial charge in [-0.1, -0.05) is 19.9 Å². The molecule has 2 aliphatic rings. The number of hydrogen-bond donors (Lipinski definition) is 1. The summed E-state index contributed by atoms with van der Waals surface area (Å²) in [5.74, 6) is 1.26. The number of carbonyl (C=O) groups is 1. The number of carbonyl (C=O) groups excluding carboxylic acids is 1. The second-order valence-corrected chi connectivity index (χ2v) is 9.25. The van der Waals surface area contributed by atoms with Gasteiger partial charge in [0.1, 0.15) is 5.78 Å². The first-order valence-electron chi connectivity index (χ1n) is 10.4. The molecule has 0 spiro atoms. The molecule has 0 radical (unpaired) electrons. The smallest absolute Gasteiger partial charge is 0.161 e. The molecule has 0 aromatic heterocycles. The number of nitrogens with one attached hydrogen (secondary N) is 1. The molecule has 1 aliphatic heterocycles. The lowest BCUT2D eigenvalue weighted by Gasteiger charge is -2.37. The Morgan fingerprint density at radius 2 is 1.70 bits per heavy atom. The molecule has 1 N–H and O–H groups in total. The summed E-state index contributed by atoms with van der Waals surface area (Å²) in [7, 11) is 3.26. The fourth-order valence-electron chi connectivity index (χ4n) is 4.65. The molecule has 2 atom stereocenters. The lowest BCUT2D eigenvalue weighted by Crippen LogP contribution is -2.42. The Bertz CT molecular complexity index is 1040. The first-order valence-corrected chi connectivity index (χ1v) is 10.4. The van der Waals surface area contributed by atoms with Crippen LogP contribution in [0.2, 0.25) is 0 Å². The third-order valence-corrected chi connectivity index (χ3v) is 6.31. The number of ketones is 1. The molecule has 2 aromatic carbocycles. The zero-order valence-electron chi connectivity index (χ0n) is 18.6. The molecule has 1 fully saturated rings. The van der Waals surface area contributed by atoms with E-state index in [1.165, 1.54) is 11.1 Å². The molecule has 4 rings (SSSR count). The van der Waals surface area contributed by atoms with E-state index in [4.69, 9.17) is 14.5 Å². The lowest BCUT2D eigenvalue weighted by atomic mass is 9.68. The van der Waals surface area contributed by atoms with Crippen molar-refractivity contribution in [2.45, 2.75) is 46.6 Å². The van der Waals surface area contributed by atoms with Crippen LogP contribution in [0, 0.1) is 25.2 Å². The maximum absolute atomic E-state index is 13.4. The number of nitrogens with zero attached hydrogens (tertiary/aromatic N) is 1. The van der Waals surface area contributed by atoms with Crippen LogP contribution >= 0.6 is 0 Å². The lowest BCUT2D eigenvalue weighted by molar-refractivity contribution is -0.124. The van der Waals surface area contributed by atoms with Gasteiger partial charge in [-0.2, -0.15) is 0 Å². The van der Waals surface area contributed by atoms with Crippen LogP contribution in [0.3, 0.4) is 0 Å². The average Bonchev–Trinajstić information content (AvgIpc) is 2.83. The number of fused-ring (bicyclic) bond motifs is 2. The van der Waals surface area contributed by atoms with E-state index in [0.29, 0.717) is 17.9 Å². The summed E-state index contributed by atoms with van der Waals surface area (Å²) in [5.41, 5.74) is 6.14. The molecule has 1 saturated carbocycles. The normalized spacial score (nSPS) is 22.2. The number of Topliss-reactive ketones (excluding diaryl/α,β-unsaturated/α-hetero) is 1. The van der Waals surface area contributed by atoms with Crippen LogP contribution in [-0.2, 0) is 4.79 Å². The highest BCUT2D eigenvalue weighted by atomic mass is 16.5. The SMILES string of the molecule is COc1ccc([C@H]2Nc3cc(C)c(C)cc3N=C3CC(C)(C)CC(=O)C32)cc1OC. The van der Waals surface area contributed by atoms with Crippen LogP contribution in [0.1, 0.15) is 49.4 Å². The van der Waals surface area contributed by atoms with Crippen molar-refractivity contribution in [3.63, 3.8) is 0 Å². The van der Waals surface area contributed by atoms with Gasteiger partial charge in [-0.05, 0) is 66.6 Å². The number of benzene rings is 2. The van der Waals surface area contributed by atoms with E-state index >= 15 is 0 Å². The van der Waals surface area contributed by atoms with Gasteiger partial charge in [0.25, 0.3) is 0 Å². The fraction of sp³-hybridized carbons (Fsp3) is 0.440. The largest absolute Gasteiger partial charge is 0.493 e. The standard InChI is InChI=1S/C25H30N2O3/c1-14-9-17-18(10-15(14)2)27-24(16-7-8-21(29-5)22(11-16)30-6)23-19(26-17)12-25(3,4)13-20(23)28/h7-11,23-24,27H,12-13H2,1-6H3/t23?,24-/m1/s1. The predicted octanol–water partition coefficient (Wildman–Crippen LogP) is 5.57.